The van der Waals surface area contributed by atoms with Gasteiger partial charge in [-0.15, -0.1) is 0 Å². The minimum atomic E-state index is 0.164. The topological polar surface area (TPSA) is 45.0 Å². The second-order valence-electron chi connectivity index (χ2n) is 4.81. The van der Waals surface area contributed by atoms with Gasteiger partial charge in [-0.3, -0.25) is 0 Å². The predicted molar refractivity (Wildman–Crippen MR) is 80.9 cm³/mol. The van der Waals surface area contributed by atoms with Crippen molar-refractivity contribution in [2.75, 3.05) is 12.4 Å². The predicted octanol–water partition coefficient (Wildman–Crippen LogP) is 4.05. The lowest BCUT2D eigenvalue weighted by Gasteiger charge is -2.18. The molecule has 0 fully saturated rings. The van der Waals surface area contributed by atoms with E-state index < -0.39 is 0 Å². The van der Waals surface area contributed by atoms with Crippen LogP contribution >= 0.6 is 0 Å². The van der Waals surface area contributed by atoms with Crippen molar-refractivity contribution in [3.63, 3.8) is 0 Å². The summed E-state index contributed by atoms with van der Waals surface area (Å²) in [6, 6.07) is 16.1. The maximum absolute atomic E-state index is 8.91. The average Bonchev–Trinajstić information content (AvgIpc) is 2.47. The molecule has 0 aliphatic rings. The zero-order valence-electron chi connectivity index (χ0n) is 12.0. The van der Waals surface area contributed by atoms with Gasteiger partial charge in [0.25, 0.3) is 0 Å². The average molecular weight is 266 g/mol. The number of aryl methyl sites for hydroxylation is 1. The number of benzene rings is 2. The van der Waals surface area contributed by atoms with E-state index >= 15 is 0 Å². The third-order valence-corrected chi connectivity index (χ3v) is 3.24. The Morgan fingerprint density at radius 3 is 2.65 bits per heavy atom. The van der Waals surface area contributed by atoms with Crippen molar-refractivity contribution >= 4 is 5.69 Å². The van der Waals surface area contributed by atoms with Gasteiger partial charge in [0.05, 0.1) is 24.4 Å². The first kappa shape index (κ1) is 14.0. The first-order valence-corrected chi connectivity index (χ1v) is 6.55. The summed E-state index contributed by atoms with van der Waals surface area (Å²) in [5, 5.41) is 12.3. The molecule has 0 heterocycles. The Kier molecular flexibility index (Phi) is 4.27. The maximum atomic E-state index is 8.91. The normalized spacial score (nSPS) is 11.5. The monoisotopic (exact) mass is 266 g/mol. The van der Waals surface area contributed by atoms with Crippen LogP contribution in [0.5, 0.6) is 5.75 Å². The third-order valence-electron chi connectivity index (χ3n) is 3.24. The van der Waals surface area contributed by atoms with Gasteiger partial charge < -0.3 is 10.1 Å². The second kappa shape index (κ2) is 6.12. The number of hydrogen-bond acceptors (Lipinski definition) is 3. The summed E-state index contributed by atoms with van der Waals surface area (Å²) < 4.78 is 5.33. The van der Waals surface area contributed by atoms with E-state index in [2.05, 4.69) is 49.5 Å². The SMILES string of the molecule is COc1cc(C#N)ccc1NC(C)c1cccc(C)c1. The molecule has 102 valence electrons. The number of nitriles is 1. The minimum Gasteiger partial charge on any atom is -0.495 e. The number of hydrogen-bond donors (Lipinski definition) is 1. The summed E-state index contributed by atoms with van der Waals surface area (Å²) in [5.41, 5.74) is 3.94. The second-order valence-corrected chi connectivity index (χ2v) is 4.81. The van der Waals surface area contributed by atoms with Gasteiger partial charge >= 0.3 is 0 Å². The first-order chi connectivity index (χ1) is 9.63. The fourth-order valence-electron chi connectivity index (χ4n) is 2.14. The Morgan fingerprint density at radius 2 is 2.00 bits per heavy atom. The largest absolute Gasteiger partial charge is 0.495 e. The van der Waals surface area contributed by atoms with E-state index in [-0.39, 0.29) is 6.04 Å². The van der Waals surface area contributed by atoms with E-state index in [1.807, 2.05) is 6.07 Å². The minimum absolute atomic E-state index is 0.164. The molecule has 3 heteroatoms. The van der Waals surface area contributed by atoms with E-state index in [9.17, 15) is 0 Å². The van der Waals surface area contributed by atoms with Crippen molar-refractivity contribution in [1.82, 2.24) is 0 Å². The van der Waals surface area contributed by atoms with E-state index in [4.69, 9.17) is 10.00 Å². The van der Waals surface area contributed by atoms with Gasteiger partial charge in [-0.25, -0.2) is 0 Å². The van der Waals surface area contributed by atoms with Crippen LogP contribution in [0.1, 0.15) is 29.7 Å². The molecule has 1 unspecified atom stereocenters. The summed E-state index contributed by atoms with van der Waals surface area (Å²) in [7, 11) is 1.61. The van der Waals surface area contributed by atoms with Gasteiger partial charge in [0.2, 0.25) is 0 Å². The van der Waals surface area contributed by atoms with Gasteiger partial charge in [-0.2, -0.15) is 5.26 Å². The Labute approximate surface area is 119 Å². The smallest absolute Gasteiger partial charge is 0.143 e. The summed E-state index contributed by atoms with van der Waals surface area (Å²) >= 11 is 0. The van der Waals surface area contributed by atoms with Gasteiger partial charge in [-0.1, -0.05) is 29.8 Å². The zero-order chi connectivity index (χ0) is 14.5. The molecule has 0 aliphatic carbocycles. The summed E-state index contributed by atoms with van der Waals surface area (Å²) in [4.78, 5) is 0. The number of nitrogens with one attached hydrogen (secondary N) is 1. The quantitative estimate of drug-likeness (QED) is 0.908. The molecule has 2 aromatic rings. The third kappa shape index (κ3) is 3.10. The number of methoxy groups -OCH3 is 1. The van der Waals surface area contributed by atoms with Crippen molar-refractivity contribution in [2.45, 2.75) is 19.9 Å². The molecule has 20 heavy (non-hydrogen) atoms. The maximum Gasteiger partial charge on any atom is 0.143 e. The molecule has 0 saturated carbocycles. The molecule has 2 rings (SSSR count). The lowest BCUT2D eigenvalue weighted by molar-refractivity contribution is 0.416. The lowest BCUT2D eigenvalue weighted by Crippen LogP contribution is -2.08. The van der Waals surface area contributed by atoms with Gasteiger partial charge in [0.15, 0.2) is 0 Å². The highest BCUT2D eigenvalue weighted by atomic mass is 16.5. The van der Waals surface area contributed by atoms with Crippen molar-refractivity contribution in [2.24, 2.45) is 0 Å². The molecule has 0 aromatic heterocycles. The number of anilines is 1. The highest BCUT2D eigenvalue weighted by Crippen LogP contribution is 2.29. The lowest BCUT2D eigenvalue weighted by atomic mass is 10.1. The van der Waals surface area contributed by atoms with Gasteiger partial charge in [0, 0.05) is 12.1 Å². The Bertz CT molecular complexity index is 644. The molecular formula is C17H18N2O. The van der Waals surface area contributed by atoms with Crippen LogP contribution in [0.3, 0.4) is 0 Å². The molecule has 3 nitrogen and oxygen atoms in total. The Morgan fingerprint density at radius 1 is 1.20 bits per heavy atom. The molecule has 0 bridgehead atoms. The van der Waals surface area contributed by atoms with Crippen molar-refractivity contribution in [3.8, 4) is 11.8 Å². The van der Waals surface area contributed by atoms with Crippen LogP contribution in [-0.2, 0) is 0 Å². The Balaban J connectivity index is 2.23. The van der Waals surface area contributed by atoms with Gasteiger partial charge in [-0.05, 0) is 31.5 Å². The van der Waals surface area contributed by atoms with Crippen LogP contribution in [0.25, 0.3) is 0 Å². The fourth-order valence-corrected chi connectivity index (χ4v) is 2.14. The first-order valence-electron chi connectivity index (χ1n) is 6.55. The molecule has 2 aromatic carbocycles. The number of rotatable bonds is 4. The molecular weight excluding hydrogens is 248 g/mol. The summed E-state index contributed by atoms with van der Waals surface area (Å²) in [5.74, 6) is 0.684. The van der Waals surface area contributed by atoms with Crippen LogP contribution in [-0.4, -0.2) is 7.11 Å². The molecule has 0 aliphatic heterocycles. The van der Waals surface area contributed by atoms with E-state index in [1.165, 1.54) is 11.1 Å². The highest BCUT2D eigenvalue weighted by molar-refractivity contribution is 5.60. The van der Waals surface area contributed by atoms with Crippen LogP contribution in [0.4, 0.5) is 5.69 Å². The van der Waals surface area contributed by atoms with Crippen LogP contribution in [0.15, 0.2) is 42.5 Å². The van der Waals surface area contributed by atoms with E-state index in [1.54, 1.807) is 19.2 Å². The highest BCUT2D eigenvalue weighted by Gasteiger charge is 2.09. The zero-order valence-corrected chi connectivity index (χ0v) is 12.0. The number of nitrogens with zero attached hydrogens (tertiary/aromatic N) is 1. The van der Waals surface area contributed by atoms with Crippen molar-refractivity contribution < 1.29 is 4.74 Å². The van der Waals surface area contributed by atoms with Crippen LogP contribution < -0.4 is 10.1 Å². The number of ether oxygens (including phenoxy) is 1. The van der Waals surface area contributed by atoms with Crippen LogP contribution in [0, 0.1) is 18.3 Å². The van der Waals surface area contributed by atoms with Crippen molar-refractivity contribution in [1.29, 1.82) is 5.26 Å². The molecule has 1 atom stereocenters. The van der Waals surface area contributed by atoms with Crippen LogP contribution in [0.2, 0.25) is 0 Å². The molecule has 0 spiro atoms. The molecule has 0 radical (unpaired) electrons. The summed E-state index contributed by atoms with van der Waals surface area (Å²) in [6.45, 7) is 4.19. The van der Waals surface area contributed by atoms with E-state index in [0.717, 1.165) is 5.69 Å². The van der Waals surface area contributed by atoms with Gasteiger partial charge in [0.1, 0.15) is 5.75 Å². The molecule has 0 amide bonds. The standard InChI is InChI=1S/C17H18N2O/c1-12-5-4-6-15(9-12)13(2)19-16-8-7-14(11-18)10-17(16)20-3/h4-10,13,19H,1-3H3. The van der Waals surface area contributed by atoms with Crippen molar-refractivity contribution in [3.05, 3.63) is 59.2 Å². The molecule has 1 N–H and O–H groups in total. The van der Waals surface area contributed by atoms with E-state index in [0.29, 0.717) is 11.3 Å². The summed E-state index contributed by atoms with van der Waals surface area (Å²) in [6.07, 6.45) is 0. The molecule has 0 saturated heterocycles. The Hall–Kier alpha value is -2.47. The fraction of sp³-hybridized carbons (Fsp3) is 0.235.